The molecular weight excluding hydrogens is 591 g/mol. The second-order valence-corrected chi connectivity index (χ2v) is 12.7. The van der Waals surface area contributed by atoms with Crippen LogP contribution in [-0.4, -0.2) is 0 Å². The molecule has 0 N–H and O–H groups in total. The van der Waals surface area contributed by atoms with E-state index >= 15 is 0 Å². The van der Waals surface area contributed by atoms with E-state index in [9.17, 15) is 0 Å². The van der Waals surface area contributed by atoms with Crippen molar-refractivity contribution in [2.75, 3.05) is 4.90 Å². The third kappa shape index (κ3) is 4.86. The molecule has 0 heterocycles. The Kier molecular flexibility index (Phi) is 7.17. The molecule has 0 saturated heterocycles. The maximum Gasteiger partial charge on any atom is 0.0533 e. The molecule has 3 aliphatic carbocycles. The highest BCUT2D eigenvalue weighted by Gasteiger charge is 2.33. The van der Waals surface area contributed by atoms with E-state index in [1.54, 1.807) is 0 Å². The molecule has 3 aliphatic rings. The molecule has 6 aromatic rings. The Morgan fingerprint density at radius 2 is 1.31 bits per heavy atom. The lowest BCUT2D eigenvalue weighted by atomic mass is 9.83. The van der Waals surface area contributed by atoms with E-state index in [4.69, 9.17) is 0 Å². The van der Waals surface area contributed by atoms with Gasteiger partial charge in [-0.05, 0) is 115 Å². The molecule has 0 aromatic heterocycles. The van der Waals surface area contributed by atoms with Gasteiger partial charge < -0.3 is 4.90 Å². The van der Waals surface area contributed by atoms with Crippen molar-refractivity contribution in [3.05, 3.63) is 197 Å². The Bertz CT molecular complexity index is 2520. The minimum Gasteiger partial charge on any atom is -0.310 e. The third-order valence-electron chi connectivity index (χ3n) is 9.99. The van der Waals surface area contributed by atoms with Gasteiger partial charge in [0, 0.05) is 11.4 Å². The summed E-state index contributed by atoms with van der Waals surface area (Å²) in [7, 11) is 0. The topological polar surface area (TPSA) is 3.24 Å². The molecule has 9 rings (SSSR count). The van der Waals surface area contributed by atoms with E-state index in [0.29, 0.717) is 0 Å². The lowest BCUT2D eigenvalue weighted by Crippen LogP contribution is -2.22. The zero-order valence-electron chi connectivity index (χ0n) is 27.5. The maximum atomic E-state index is 2.43. The number of para-hydroxylation sites is 2. The van der Waals surface area contributed by atoms with E-state index in [2.05, 4.69) is 194 Å². The molecule has 6 bridgehead atoms. The first-order chi connectivity index (χ1) is 24.3. The number of hydrogen-bond acceptors (Lipinski definition) is 1. The van der Waals surface area contributed by atoms with Gasteiger partial charge in [0.05, 0.1) is 5.69 Å². The fraction of sp³-hybridized carbons (Fsp3) is 0.0417. The Balaban J connectivity index is 1.27. The van der Waals surface area contributed by atoms with E-state index in [0.717, 1.165) is 29.0 Å². The fourth-order valence-electron chi connectivity index (χ4n) is 7.82. The summed E-state index contributed by atoms with van der Waals surface area (Å²) in [6, 6.07) is 50.8. The first-order valence-electron chi connectivity index (χ1n) is 17.1. The van der Waals surface area contributed by atoms with E-state index in [1.807, 2.05) is 0 Å². The largest absolute Gasteiger partial charge is 0.310 e. The van der Waals surface area contributed by atoms with Crippen LogP contribution >= 0.6 is 0 Å². The molecule has 0 amide bonds. The first kappa shape index (κ1) is 29.0. The predicted molar refractivity (Wildman–Crippen MR) is 210 cm³/mol. The monoisotopic (exact) mass is 625 g/mol. The smallest absolute Gasteiger partial charge is 0.0533 e. The van der Waals surface area contributed by atoms with Gasteiger partial charge >= 0.3 is 0 Å². The second-order valence-electron chi connectivity index (χ2n) is 12.7. The molecule has 0 aliphatic heterocycles. The lowest BCUT2D eigenvalue weighted by Gasteiger charge is -2.29. The van der Waals surface area contributed by atoms with E-state index < -0.39 is 0 Å². The molecule has 0 atom stereocenters. The van der Waals surface area contributed by atoms with Crippen molar-refractivity contribution < 1.29 is 0 Å². The van der Waals surface area contributed by atoms with Gasteiger partial charge in [0.1, 0.15) is 0 Å². The highest BCUT2D eigenvalue weighted by molar-refractivity contribution is 6.26. The highest BCUT2D eigenvalue weighted by Crippen LogP contribution is 2.56. The van der Waals surface area contributed by atoms with Crippen LogP contribution in [0.4, 0.5) is 17.1 Å². The zero-order chi connectivity index (χ0) is 32.7. The van der Waals surface area contributed by atoms with Gasteiger partial charge in [-0.1, -0.05) is 152 Å². The number of allylic oxidation sites excluding steroid dienone is 7. The molecule has 0 unspecified atom stereocenters. The fourth-order valence-corrected chi connectivity index (χ4v) is 7.82. The summed E-state index contributed by atoms with van der Waals surface area (Å²) >= 11 is 0. The molecule has 0 saturated carbocycles. The summed E-state index contributed by atoms with van der Waals surface area (Å²) in [6.07, 6.45) is 16.8. The van der Waals surface area contributed by atoms with Crippen molar-refractivity contribution in [1.82, 2.24) is 0 Å². The van der Waals surface area contributed by atoms with Crippen LogP contribution in [0.1, 0.15) is 35.6 Å². The number of nitrogens with zero attached hydrogens (tertiary/aromatic N) is 1. The van der Waals surface area contributed by atoms with Crippen molar-refractivity contribution in [3.8, 4) is 22.3 Å². The SMILES string of the molecule is C/C=c1/cccc/c1=C/C=Cc1ccccc1N(c1ccccc1)c1ccc2c(c1)C1=C3C=CCC=C1c1cccc-2c1-c1ccccc13. The van der Waals surface area contributed by atoms with Crippen molar-refractivity contribution in [3.63, 3.8) is 0 Å². The summed E-state index contributed by atoms with van der Waals surface area (Å²) in [4.78, 5) is 2.41. The van der Waals surface area contributed by atoms with Gasteiger partial charge in [0.2, 0.25) is 0 Å². The number of hydrogen-bond donors (Lipinski definition) is 0. The van der Waals surface area contributed by atoms with Gasteiger partial charge in [-0.3, -0.25) is 0 Å². The van der Waals surface area contributed by atoms with Crippen molar-refractivity contribution in [2.45, 2.75) is 13.3 Å². The van der Waals surface area contributed by atoms with Gasteiger partial charge in [-0.15, -0.1) is 0 Å². The molecular formula is C48H35N. The van der Waals surface area contributed by atoms with Crippen LogP contribution in [0, 0.1) is 0 Å². The maximum absolute atomic E-state index is 2.43. The van der Waals surface area contributed by atoms with E-state index in [1.165, 1.54) is 66.1 Å². The molecule has 1 nitrogen and oxygen atoms in total. The Morgan fingerprint density at radius 3 is 2.18 bits per heavy atom. The lowest BCUT2D eigenvalue weighted by molar-refractivity contribution is 1.27. The van der Waals surface area contributed by atoms with Crippen LogP contribution in [0.25, 0.3) is 57.2 Å². The van der Waals surface area contributed by atoms with Crippen LogP contribution in [0.15, 0.2) is 164 Å². The minimum atomic E-state index is 0.914. The number of fused-ring (bicyclic) bond motifs is 4. The molecule has 232 valence electrons. The van der Waals surface area contributed by atoms with Gasteiger partial charge in [0.15, 0.2) is 0 Å². The zero-order valence-corrected chi connectivity index (χ0v) is 27.5. The molecule has 0 fully saturated rings. The number of rotatable bonds is 5. The average Bonchev–Trinajstić information content (AvgIpc) is 3.47. The summed E-state index contributed by atoms with van der Waals surface area (Å²) in [6.45, 7) is 2.09. The van der Waals surface area contributed by atoms with Crippen molar-refractivity contribution >= 4 is 52.0 Å². The Hall–Kier alpha value is -6.18. The van der Waals surface area contributed by atoms with Crippen molar-refractivity contribution in [1.29, 1.82) is 0 Å². The van der Waals surface area contributed by atoms with Crippen LogP contribution in [0.5, 0.6) is 0 Å². The average molecular weight is 626 g/mol. The minimum absolute atomic E-state index is 0.914. The van der Waals surface area contributed by atoms with Crippen LogP contribution in [0.2, 0.25) is 0 Å². The molecule has 6 aromatic carbocycles. The molecule has 0 spiro atoms. The summed E-state index contributed by atoms with van der Waals surface area (Å²) < 4.78 is 0. The van der Waals surface area contributed by atoms with Crippen LogP contribution in [-0.2, 0) is 0 Å². The summed E-state index contributed by atoms with van der Waals surface area (Å²) in [5, 5.41) is 2.44. The number of benzene rings is 6. The Labute approximate surface area is 288 Å². The second kappa shape index (κ2) is 12.1. The molecule has 0 radical (unpaired) electrons. The molecule has 1 heteroatoms. The first-order valence-corrected chi connectivity index (χ1v) is 17.1. The predicted octanol–water partition coefficient (Wildman–Crippen LogP) is 11.4. The highest BCUT2D eigenvalue weighted by atomic mass is 15.1. The van der Waals surface area contributed by atoms with Gasteiger partial charge in [-0.25, -0.2) is 0 Å². The standard InChI is InChI=1S/C48H35N/c1-2-33-16-6-7-17-34(33)19-14-20-35-18-8-13-29-46(35)49(36-21-4-3-5-22-36)37-30-31-39-42-27-15-28-44-43-26-12-11-25-41(48(43)45(39)32-37)38-23-9-10-24-40(38)47(42)44/h2-11,13-32H,12H2,1H3/b20-14?,33-2-,34-19-. The van der Waals surface area contributed by atoms with E-state index in [-0.39, 0.29) is 0 Å². The van der Waals surface area contributed by atoms with Gasteiger partial charge in [-0.2, -0.15) is 0 Å². The summed E-state index contributed by atoms with van der Waals surface area (Å²) in [5.74, 6) is 0. The molecule has 49 heavy (non-hydrogen) atoms. The number of anilines is 3. The quantitative estimate of drug-likeness (QED) is 0.184. The summed E-state index contributed by atoms with van der Waals surface area (Å²) in [5.41, 5.74) is 17.6. The van der Waals surface area contributed by atoms with Crippen LogP contribution < -0.4 is 15.3 Å². The van der Waals surface area contributed by atoms with Gasteiger partial charge in [0.25, 0.3) is 0 Å². The third-order valence-corrected chi connectivity index (χ3v) is 9.99. The van der Waals surface area contributed by atoms with Crippen molar-refractivity contribution in [2.24, 2.45) is 0 Å². The van der Waals surface area contributed by atoms with Crippen LogP contribution in [0.3, 0.4) is 0 Å². The Morgan fingerprint density at radius 1 is 0.571 bits per heavy atom. The normalized spacial score (nSPS) is 14.7.